The summed E-state index contributed by atoms with van der Waals surface area (Å²) in [7, 11) is 2.23. The summed E-state index contributed by atoms with van der Waals surface area (Å²) in [4.78, 5) is 2.48. The molecular weight excluding hydrogens is 234 g/mol. The van der Waals surface area contributed by atoms with E-state index in [0.717, 1.165) is 18.2 Å². The van der Waals surface area contributed by atoms with E-state index in [9.17, 15) is 0 Å². The van der Waals surface area contributed by atoms with Gasteiger partial charge in [0.25, 0.3) is 0 Å². The lowest BCUT2D eigenvalue weighted by Gasteiger charge is -2.31. The Balaban J connectivity index is 1.91. The smallest absolute Gasteiger partial charge is 0.104 e. The summed E-state index contributed by atoms with van der Waals surface area (Å²) in [6.07, 6.45) is 6.85. The Morgan fingerprint density at radius 2 is 1.84 bits per heavy atom. The van der Waals surface area contributed by atoms with Crippen molar-refractivity contribution in [3.8, 4) is 11.8 Å². The van der Waals surface area contributed by atoms with Crippen LogP contribution in [0.15, 0.2) is 24.3 Å². The van der Waals surface area contributed by atoms with E-state index in [0.29, 0.717) is 0 Å². The molecule has 0 bridgehead atoms. The summed E-state index contributed by atoms with van der Waals surface area (Å²) in [5.41, 5.74) is 2.31. The highest BCUT2D eigenvalue weighted by atomic mass is 16.2. The van der Waals surface area contributed by atoms with Crippen LogP contribution < -0.4 is 0 Å². The molecule has 1 aromatic carbocycles. The second-order valence-electron chi connectivity index (χ2n) is 5.36. The largest absolute Gasteiger partial charge is 0.384 e. The molecule has 0 amide bonds. The summed E-state index contributed by atoms with van der Waals surface area (Å²) in [5, 5.41) is 8.67. The number of hydrogen-bond donors (Lipinski definition) is 1. The van der Waals surface area contributed by atoms with E-state index in [2.05, 4.69) is 35.9 Å². The van der Waals surface area contributed by atoms with Crippen molar-refractivity contribution in [3.63, 3.8) is 0 Å². The highest BCUT2D eigenvalue weighted by Crippen LogP contribution is 2.22. The van der Waals surface area contributed by atoms with E-state index in [1.54, 1.807) is 0 Å². The number of hydrogen-bond acceptors (Lipinski definition) is 2. The molecular formula is C17H23NO. The van der Waals surface area contributed by atoms with E-state index < -0.39 is 0 Å². The van der Waals surface area contributed by atoms with Gasteiger partial charge in [-0.25, -0.2) is 0 Å². The van der Waals surface area contributed by atoms with Gasteiger partial charge in [0.15, 0.2) is 0 Å². The lowest BCUT2D eigenvalue weighted by molar-refractivity contribution is 0.184. The first-order chi connectivity index (χ1) is 9.29. The average molecular weight is 257 g/mol. The second-order valence-corrected chi connectivity index (χ2v) is 5.36. The normalized spacial score (nSPS) is 16.2. The summed E-state index contributed by atoms with van der Waals surface area (Å²) in [6.45, 7) is 0.935. The summed E-state index contributed by atoms with van der Waals surface area (Å²) >= 11 is 0. The Hall–Kier alpha value is -1.30. The topological polar surface area (TPSA) is 23.5 Å². The molecule has 1 N–H and O–H groups in total. The maximum absolute atomic E-state index is 8.67. The Morgan fingerprint density at radius 3 is 2.47 bits per heavy atom. The van der Waals surface area contributed by atoms with Crippen LogP contribution in [0.1, 0.15) is 43.2 Å². The second kappa shape index (κ2) is 7.33. The van der Waals surface area contributed by atoms with Crippen molar-refractivity contribution in [2.24, 2.45) is 0 Å². The Morgan fingerprint density at radius 1 is 1.16 bits per heavy atom. The number of nitrogens with zero attached hydrogens (tertiary/aromatic N) is 1. The van der Waals surface area contributed by atoms with Gasteiger partial charge in [-0.1, -0.05) is 43.2 Å². The third kappa shape index (κ3) is 4.38. The predicted octanol–water partition coefficient (Wildman–Crippen LogP) is 2.79. The molecule has 1 fully saturated rings. The lowest BCUT2D eigenvalue weighted by atomic mass is 9.94. The molecule has 2 heteroatoms. The molecule has 0 heterocycles. The zero-order valence-corrected chi connectivity index (χ0v) is 11.7. The van der Waals surface area contributed by atoms with Gasteiger partial charge in [-0.05, 0) is 37.6 Å². The van der Waals surface area contributed by atoms with Crippen molar-refractivity contribution in [2.45, 2.75) is 44.7 Å². The van der Waals surface area contributed by atoms with Gasteiger partial charge in [-0.3, -0.25) is 4.90 Å². The number of aliphatic hydroxyl groups excluding tert-OH is 1. The number of aliphatic hydroxyl groups is 1. The van der Waals surface area contributed by atoms with Gasteiger partial charge in [0.05, 0.1) is 0 Å². The predicted molar refractivity (Wildman–Crippen MR) is 78.7 cm³/mol. The van der Waals surface area contributed by atoms with Crippen molar-refractivity contribution in [3.05, 3.63) is 35.4 Å². The quantitative estimate of drug-likeness (QED) is 0.842. The van der Waals surface area contributed by atoms with E-state index in [1.807, 2.05) is 12.1 Å². The summed E-state index contributed by atoms with van der Waals surface area (Å²) in [6, 6.07) is 9.10. The standard InChI is InChI=1S/C17H23NO/c1-18(17-7-3-2-4-8-17)14-16-11-9-15(10-12-16)6-5-13-19/h9-12,17,19H,2-4,7-8,13-14H2,1H3. The molecule has 102 valence electrons. The zero-order chi connectivity index (χ0) is 13.5. The van der Waals surface area contributed by atoms with Crippen LogP contribution in [0, 0.1) is 11.8 Å². The first-order valence-electron chi connectivity index (χ1n) is 7.18. The minimum Gasteiger partial charge on any atom is -0.384 e. The van der Waals surface area contributed by atoms with Gasteiger partial charge in [0.1, 0.15) is 6.61 Å². The first-order valence-corrected chi connectivity index (χ1v) is 7.18. The molecule has 0 radical (unpaired) electrons. The van der Waals surface area contributed by atoms with Gasteiger partial charge >= 0.3 is 0 Å². The van der Waals surface area contributed by atoms with Crippen LogP contribution in [0.25, 0.3) is 0 Å². The molecule has 19 heavy (non-hydrogen) atoms. The molecule has 1 aromatic rings. The number of benzene rings is 1. The Bertz CT molecular complexity index is 435. The van der Waals surface area contributed by atoms with Gasteiger partial charge in [-0.2, -0.15) is 0 Å². The van der Waals surface area contributed by atoms with Crippen LogP contribution in [-0.4, -0.2) is 29.7 Å². The lowest BCUT2D eigenvalue weighted by Crippen LogP contribution is -2.32. The fraction of sp³-hybridized carbons (Fsp3) is 0.529. The third-order valence-electron chi connectivity index (χ3n) is 3.90. The molecule has 1 aliphatic carbocycles. The third-order valence-corrected chi connectivity index (χ3v) is 3.90. The van der Waals surface area contributed by atoms with Crippen LogP contribution in [0.5, 0.6) is 0 Å². The number of rotatable bonds is 3. The Kier molecular flexibility index (Phi) is 5.44. The van der Waals surface area contributed by atoms with Crippen molar-refractivity contribution < 1.29 is 5.11 Å². The molecule has 2 nitrogen and oxygen atoms in total. The van der Waals surface area contributed by atoms with E-state index >= 15 is 0 Å². The SMILES string of the molecule is CN(Cc1ccc(C#CCO)cc1)C1CCCCC1. The van der Waals surface area contributed by atoms with Gasteiger partial charge < -0.3 is 5.11 Å². The summed E-state index contributed by atoms with van der Waals surface area (Å²) in [5.74, 6) is 5.60. The van der Waals surface area contributed by atoms with Crippen molar-refractivity contribution >= 4 is 0 Å². The first kappa shape index (κ1) is 14.1. The minimum absolute atomic E-state index is 0.0772. The maximum atomic E-state index is 8.67. The van der Waals surface area contributed by atoms with Crippen LogP contribution in [0.3, 0.4) is 0 Å². The molecule has 1 aliphatic rings. The fourth-order valence-corrected chi connectivity index (χ4v) is 2.77. The molecule has 0 unspecified atom stereocenters. The van der Waals surface area contributed by atoms with Crippen molar-refractivity contribution in [1.29, 1.82) is 0 Å². The van der Waals surface area contributed by atoms with Crippen LogP contribution in [0.2, 0.25) is 0 Å². The molecule has 1 saturated carbocycles. The van der Waals surface area contributed by atoms with Crippen molar-refractivity contribution in [2.75, 3.05) is 13.7 Å². The van der Waals surface area contributed by atoms with Gasteiger partial charge in [0, 0.05) is 18.2 Å². The highest BCUT2D eigenvalue weighted by molar-refractivity contribution is 5.36. The Labute approximate surface area is 116 Å². The van der Waals surface area contributed by atoms with Crippen molar-refractivity contribution in [1.82, 2.24) is 4.90 Å². The van der Waals surface area contributed by atoms with Gasteiger partial charge in [0.2, 0.25) is 0 Å². The zero-order valence-electron chi connectivity index (χ0n) is 11.7. The van der Waals surface area contributed by atoms with E-state index in [1.165, 1.54) is 37.7 Å². The van der Waals surface area contributed by atoms with E-state index in [4.69, 9.17) is 5.11 Å². The highest BCUT2D eigenvalue weighted by Gasteiger charge is 2.17. The monoisotopic (exact) mass is 257 g/mol. The van der Waals surface area contributed by atoms with Crippen LogP contribution in [0.4, 0.5) is 0 Å². The fourth-order valence-electron chi connectivity index (χ4n) is 2.77. The molecule has 0 atom stereocenters. The average Bonchev–Trinajstić information content (AvgIpc) is 2.47. The van der Waals surface area contributed by atoms with Crippen LogP contribution in [-0.2, 0) is 6.54 Å². The summed E-state index contributed by atoms with van der Waals surface area (Å²) < 4.78 is 0. The van der Waals surface area contributed by atoms with E-state index in [-0.39, 0.29) is 6.61 Å². The molecule has 0 saturated heterocycles. The molecule has 0 aromatic heterocycles. The molecule has 2 rings (SSSR count). The molecule has 0 spiro atoms. The minimum atomic E-state index is -0.0772. The van der Waals surface area contributed by atoms with Crippen LogP contribution >= 0.6 is 0 Å². The molecule has 0 aliphatic heterocycles. The maximum Gasteiger partial charge on any atom is 0.104 e. The van der Waals surface area contributed by atoms with Gasteiger partial charge in [-0.15, -0.1) is 0 Å².